The Bertz CT molecular complexity index is 1350. The van der Waals surface area contributed by atoms with E-state index in [1.165, 1.54) is 26.5 Å². The van der Waals surface area contributed by atoms with Crippen LogP contribution in [0.3, 0.4) is 0 Å². The van der Waals surface area contributed by atoms with Gasteiger partial charge < -0.3 is 29.2 Å². The van der Waals surface area contributed by atoms with Crippen molar-refractivity contribution in [3.8, 4) is 39.9 Å². The lowest BCUT2D eigenvalue weighted by Gasteiger charge is -2.17. The maximum Gasteiger partial charge on any atom is 0.204 e. The van der Waals surface area contributed by atoms with Gasteiger partial charge in [-0.15, -0.1) is 0 Å². The fourth-order valence-electron chi connectivity index (χ4n) is 3.78. The van der Waals surface area contributed by atoms with Crippen molar-refractivity contribution in [2.24, 2.45) is 0 Å². The summed E-state index contributed by atoms with van der Waals surface area (Å²) >= 11 is 0. The van der Waals surface area contributed by atoms with Crippen molar-refractivity contribution in [3.63, 3.8) is 0 Å². The molecule has 0 saturated carbocycles. The highest BCUT2D eigenvalue weighted by molar-refractivity contribution is 5.90. The Hall–Kier alpha value is -3.87. The maximum atomic E-state index is 13.6. The number of aromatic hydroxyl groups is 3. The van der Waals surface area contributed by atoms with Gasteiger partial charge in [0.2, 0.25) is 11.2 Å². The number of rotatable bonds is 7. The van der Waals surface area contributed by atoms with Gasteiger partial charge in [0.15, 0.2) is 11.5 Å². The molecule has 1 heterocycles. The van der Waals surface area contributed by atoms with Crippen LogP contribution >= 0.6 is 0 Å². The first-order valence-corrected chi connectivity index (χ1v) is 10.8. The van der Waals surface area contributed by atoms with E-state index in [1.807, 2.05) is 39.8 Å². The third-order valence-electron chi connectivity index (χ3n) is 5.59. The number of hydrogen-bond donors (Lipinski definition) is 3. The van der Waals surface area contributed by atoms with Gasteiger partial charge in [0, 0.05) is 17.2 Å². The highest BCUT2D eigenvalue weighted by atomic mass is 16.5. The maximum absolute atomic E-state index is 13.6. The lowest BCUT2D eigenvalue weighted by molar-refractivity contribution is 0.338. The summed E-state index contributed by atoms with van der Waals surface area (Å²) in [6.45, 7) is 7.69. The van der Waals surface area contributed by atoms with Crippen LogP contribution in [0.25, 0.3) is 22.1 Å². The highest BCUT2D eigenvalue weighted by Crippen LogP contribution is 2.45. The molecule has 3 N–H and O–H groups in total. The minimum Gasteiger partial charge on any atom is -0.507 e. The summed E-state index contributed by atoms with van der Waals surface area (Å²) in [5, 5.41) is 31.9. The minimum absolute atomic E-state index is 0.0355. The third kappa shape index (κ3) is 4.59. The molecule has 0 aliphatic heterocycles. The van der Waals surface area contributed by atoms with Crippen LogP contribution in [-0.2, 0) is 12.8 Å². The Balaban J connectivity index is 2.38. The van der Waals surface area contributed by atoms with Crippen LogP contribution < -0.4 is 14.9 Å². The van der Waals surface area contributed by atoms with Gasteiger partial charge >= 0.3 is 0 Å². The van der Waals surface area contributed by atoms with Gasteiger partial charge in [0.05, 0.1) is 19.8 Å². The number of fused-ring (bicyclic) bond motifs is 1. The summed E-state index contributed by atoms with van der Waals surface area (Å²) in [5.41, 5.74) is 3.05. The summed E-state index contributed by atoms with van der Waals surface area (Å²) in [5.74, 6) is -0.341. The molecule has 0 unspecified atom stereocenters. The molecule has 0 fully saturated rings. The first kappa shape index (κ1) is 24.8. The number of hydrogen-bond acceptors (Lipinski definition) is 7. The van der Waals surface area contributed by atoms with Crippen molar-refractivity contribution in [3.05, 3.63) is 63.0 Å². The molecule has 34 heavy (non-hydrogen) atoms. The summed E-state index contributed by atoms with van der Waals surface area (Å²) in [6.07, 6.45) is 5.70. The quantitative estimate of drug-likeness (QED) is 0.388. The lowest BCUT2D eigenvalue weighted by atomic mass is 9.94. The van der Waals surface area contributed by atoms with E-state index >= 15 is 0 Å². The van der Waals surface area contributed by atoms with Crippen LogP contribution in [0.15, 0.2) is 50.9 Å². The van der Waals surface area contributed by atoms with E-state index in [1.54, 1.807) is 6.07 Å². The van der Waals surface area contributed by atoms with Crippen molar-refractivity contribution >= 4 is 11.0 Å². The van der Waals surface area contributed by atoms with E-state index in [-0.39, 0.29) is 57.3 Å². The molecular weight excluding hydrogens is 436 g/mol. The van der Waals surface area contributed by atoms with Gasteiger partial charge in [-0.3, -0.25) is 4.79 Å². The lowest BCUT2D eigenvalue weighted by Crippen LogP contribution is -2.08. The fourth-order valence-corrected chi connectivity index (χ4v) is 3.78. The number of methoxy groups -OCH3 is 2. The molecule has 0 bridgehead atoms. The smallest absolute Gasteiger partial charge is 0.204 e. The molecule has 0 spiro atoms. The minimum atomic E-state index is -0.481. The summed E-state index contributed by atoms with van der Waals surface area (Å²) in [7, 11) is 2.83. The van der Waals surface area contributed by atoms with Gasteiger partial charge in [-0.2, -0.15) is 0 Å². The molecule has 0 aliphatic rings. The standard InChI is InChI=1S/C27H30O7/c1-14(2)7-9-16-18(11-22(32-5)26(31)27(16)33-6)19-13-34-21-12-20(28)17(10-8-15(3)4)24(29)23(21)25(19)30/h7-8,11-13,28-29,31H,9-10H2,1-6H3. The monoisotopic (exact) mass is 466 g/mol. The number of phenols is 3. The second-order valence-corrected chi connectivity index (χ2v) is 8.53. The molecule has 0 saturated heterocycles. The van der Waals surface area contributed by atoms with Gasteiger partial charge in [0.25, 0.3) is 0 Å². The second-order valence-electron chi connectivity index (χ2n) is 8.53. The summed E-state index contributed by atoms with van der Waals surface area (Å²) in [4.78, 5) is 13.6. The zero-order valence-corrected chi connectivity index (χ0v) is 20.3. The van der Waals surface area contributed by atoms with Gasteiger partial charge in [-0.25, -0.2) is 0 Å². The molecule has 0 atom stereocenters. The number of phenolic OH excluding ortho intramolecular Hbond substituents is 3. The zero-order valence-electron chi connectivity index (χ0n) is 20.3. The van der Waals surface area contributed by atoms with Crippen LogP contribution in [0.4, 0.5) is 0 Å². The van der Waals surface area contributed by atoms with Crippen LogP contribution in [-0.4, -0.2) is 29.5 Å². The Morgan fingerprint density at radius 2 is 1.50 bits per heavy atom. The molecule has 0 aliphatic carbocycles. The molecular formula is C27H30O7. The number of ether oxygens (including phenoxy) is 2. The second kappa shape index (κ2) is 9.95. The van der Waals surface area contributed by atoms with E-state index < -0.39 is 5.43 Å². The Labute approximate surface area is 198 Å². The topological polar surface area (TPSA) is 109 Å². The number of allylic oxidation sites excluding steroid dienone is 4. The molecule has 3 rings (SSSR count). The molecule has 0 radical (unpaired) electrons. The predicted molar refractivity (Wildman–Crippen MR) is 132 cm³/mol. The van der Waals surface area contributed by atoms with Crippen LogP contribution in [0, 0.1) is 0 Å². The van der Waals surface area contributed by atoms with Crippen molar-refractivity contribution < 1.29 is 29.2 Å². The highest BCUT2D eigenvalue weighted by Gasteiger charge is 2.24. The SMILES string of the molecule is COc1cc(-c2coc3cc(O)c(CC=C(C)C)c(O)c3c2=O)c(CC=C(C)C)c(OC)c1O. The van der Waals surface area contributed by atoms with Gasteiger partial charge in [-0.05, 0) is 52.2 Å². The van der Waals surface area contributed by atoms with Crippen LogP contribution in [0.1, 0.15) is 38.8 Å². The Kier molecular flexibility index (Phi) is 7.25. The normalized spacial score (nSPS) is 10.8. The van der Waals surface area contributed by atoms with Crippen molar-refractivity contribution in [2.45, 2.75) is 40.5 Å². The average Bonchev–Trinajstić information content (AvgIpc) is 2.77. The molecule has 0 amide bonds. The average molecular weight is 467 g/mol. The van der Waals surface area contributed by atoms with Gasteiger partial charge in [-0.1, -0.05) is 23.3 Å². The fraction of sp³-hybridized carbons (Fsp3) is 0.296. The van der Waals surface area contributed by atoms with Crippen molar-refractivity contribution in [1.82, 2.24) is 0 Å². The molecule has 180 valence electrons. The van der Waals surface area contributed by atoms with E-state index in [0.717, 1.165) is 11.1 Å². The first-order chi connectivity index (χ1) is 16.1. The van der Waals surface area contributed by atoms with E-state index in [4.69, 9.17) is 13.9 Å². The predicted octanol–water partition coefficient (Wildman–Crippen LogP) is 5.61. The molecule has 7 heteroatoms. The molecule has 7 nitrogen and oxygen atoms in total. The van der Waals surface area contributed by atoms with Crippen LogP contribution in [0.5, 0.6) is 28.7 Å². The van der Waals surface area contributed by atoms with Crippen molar-refractivity contribution in [2.75, 3.05) is 14.2 Å². The summed E-state index contributed by atoms with van der Waals surface area (Å²) < 4.78 is 16.5. The van der Waals surface area contributed by atoms with Gasteiger partial charge in [0.1, 0.15) is 28.7 Å². The molecule has 3 aromatic rings. The largest absolute Gasteiger partial charge is 0.507 e. The third-order valence-corrected chi connectivity index (χ3v) is 5.59. The van der Waals surface area contributed by atoms with Crippen molar-refractivity contribution in [1.29, 1.82) is 0 Å². The Morgan fingerprint density at radius 3 is 2.06 bits per heavy atom. The summed E-state index contributed by atoms with van der Waals surface area (Å²) in [6, 6.07) is 2.88. The van der Waals surface area contributed by atoms with Crippen LogP contribution in [0.2, 0.25) is 0 Å². The van der Waals surface area contributed by atoms with E-state index in [0.29, 0.717) is 17.5 Å². The van der Waals surface area contributed by atoms with E-state index in [9.17, 15) is 20.1 Å². The molecule has 2 aromatic carbocycles. The number of benzene rings is 2. The zero-order chi connectivity index (χ0) is 25.2. The molecule has 1 aromatic heterocycles. The Morgan fingerprint density at radius 1 is 0.882 bits per heavy atom. The first-order valence-electron chi connectivity index (χ1n) is 10.8. The van der Waals surface area contributed by atoms with E-state index in [2.05, 4.69) is 0 Å².